The van der Waals surface area contributed by atoms with Gasteiger partial charge in [-0.2, -0.15) is 0 Å². The molecule has 0 saturated carbocycles. The highest BCUT2D eigenvalue weighted by molar-refractivity contribution is 5.48. The quantitative estimate of drug-likeness (QED) is 0.862. The summed E-state index contributed by atoms with van der Waals surface area (Å²) in [7, 11) is 0. The largest absolute Gasteiger partial charge is 0.491 e. The fourth-order valence-electron chi connectivity index (χ4n) is 2.37. The Morgan fingerprint density at radius 2 is 1.95 bits per heavy atom. The molecule has 0 unspecified atom stereocenters. The molecular formula is C15H22F2N2O. The fraction of sp³-hybridized carbons (Fsp3) is 0.600. The number of rotatable bonds is 4. The lowest BCUT2D eigenvalue weighted by molar-refractivity contribution is -0.0567. The predicted molar refractivity (Wildman–Crippen MR) is 76.1 cm³/mol. The number of halogens is 2. The molecular weight excluding hydrogens is 262 g/mol. The van der Waals surface area contributed by atoms with Crippen LogP contribution >= 0.6 is 0 Å². The van der Waals surface area contributed by atoms with Gasteiger partial charge in [0.1, 0.15) is 5.75 Å². The Hall–Kier alpha value is -1.36. The second-order valence-electron chi connectivity index (χ2n) is 5.67. The number of nitrogen functional groups attached to an aromatic ring is 1. The highest BCUT2D eigenvalue weighted by Crippen LogP contribution is 2.30. The van der Waals surface area contributed by atoms with E-state index in [1.54, 1.807) is 6.07 Å². The topological polar surface area (TPSA) is 38.5 Å². The van der Waals surface area contributed by atoms with E-state index in [1.165, 1.54) is 0 Å². The molecule has 1 saturated heterocycles. The average molecular weight is 284 g/mol. The molecule has 0 aromatic heterocycles. The smallest absolute Gasteiger partial charge is 0.250 e. The zero-order chi connectivity index (χ0) is 14.8. The molecule has 0 aliphatic carbocycles. The van der Waals surface area contributed by atoms with E-state index in [4.69, 9.17) is 10.5 Å². The number of piperidine rings is 1. The summed E-state index contributed by atoms with van der Waals surface area (Å²) in [5, 5.41) is 0. The number of hydrogen-bond acceptors (Lipinski definition) is 3. The van der Waals surface area contributed by atoms with Gasteiger partial charge in [0, 0.05) is 43.7 Å². The number of likely N-dealkylation sites (tertiary alicyclic amines) is 1. The number of anilines is 1. The minimum atomic E-state index is -2.51. The summed E-state index contributed by atoms with van der Waals surface area (Å²) in [5.74, 6) is -1.73. The van der Waals surface area contributed by atoms with Crippen LogP contribution in [0.15, 0.2) is 18.2 Å². The standard InChI is InChI=1S/C15H22F2N2O/c1-11(2)20-14-4-3-13(18)9-12(14)10-19-7-5-15(16,17)6-8-19/h3-4,9,11H,5-8,10,18H2,1-2H3. The second-order valence-corrected chi connectivity index (χ2v) is 5.67. The zero-order valence-corrected chi connectivity index (χ0v) is 12.0. The first-order chi connectivity index (χ1) is 9.35. The molecule has 20 heavy (non-hydrogen) atoms. The van der Waals surface area contributed by atoms with E-state index >= 15 is 0 Å². The van der Waals surface area contributed by atoms with Gasteiger partial charge in [0.2, 0.25) is 0 Å². The lowest BCUT2D eigenvalue weighted by Crippen LogP contribution is -2.38. The van der Waals surface area contributed by atoms with E-state index in [9.17, 15) is 8.78 Å². The van der Waals surface area contributed by atoms with E-state index in [-0.39, 0.29) is 18.9 Å². The van der Waals surface area contributed by atoms with Crippen molar-refractivity contribution in [2.24, 2.45) is 0 Å². The Morgan fingerprint density at radius 1 is 1.30 bits per heavy atom. The molecule has 1 fully saturated rings. The van der Waals surface area contributed by atoms with Crippen LogP contribution in [0.4, 0.5) is 14.5 Å². The summed E-state index contributed by atoms with van der Waals surface area (Å²) in [6.07, 6.45) is -0.0752. The Labute approximate surface area is 118 Å². The fourth-order valence-corrected chi connectivity index (χ4v) is 2.37. The number of alkyl halides is 2. The number of ether oxygens (including phenoxy) is 1. The summed E-state index contributed by atoms with van der Waals surface area (Å²) >= 11 is 0. The summed E-state index contributed by atoms with van der Waals surface area (Å²) in [6, 6.07) is 5.51. The van der Waals surface area contributed by atoms with Crippen LogP contribution in [0.3, 0.4) is 0 Å². The molecule has 0 atom stereocenters. The van der Waals surface area contributed by atoms with Gasteiger partial charge in [0.15, 0.2) is 0 Å². The molecule has 5 heteroatoms. The number of benzene rings is 1. The van der Waals surface area contributed by atoms with Crippen molar-refractivity contribution in [3.05, 3.63) is 23.8 Å². The molecule has 3 nitrogen and oxygen atoms in total. The van der Waals surface area contributed by atoms with E-state index in [2.05, 4.69) is 0 Å². The first-order valence-corrected chi connectivity index (χ1v) is 7.01. The van der Waals surface area contributed by atoms with Crippen molar-refractivity contribution in [2.45, 2.75) is 45.3 Å². The van der Waals surface area contributed by atoms with Gasteiger partial charge in [-0.1, -0.05) is 0 Å². The summed E-state index contributed by atoms with van der Waals surface area (Å²) in [5.41, 5.74) is 7.44. The lowest BCUT2D eigenvalue weighted by atomic mass is 10.1. The summed E-state index contributed by atoms with van der Waals surface area (Å²) < 4.78 is 32.1. The molecule has 0 radical (unpaired) electrons. The summed E-state index contributed by atoms with van der Waals surface area (Å²) in [4.78, 5) is 2.03. The van der Waals surface area contributed by atoms with Gasteiger partial charge in [-0.25, -0.2) is 8.78 Å². The molecule has 1 aliphatic heterocycles. The van der Waals surface area contributed by atoms with Crippen molar-refractivity contribution >= 4 is 5.69 Å². The van der Waals surface area contributed by atoms with E-state index in [1.807, 2.05) is 30.9 Å². The molecule has 1 aromatic rings. The van der Waals surface area contributed by atoms with Gasteiger partial charge >= 0.3 is 0 Å². The van der Waals surface area contributed by atoms with Gasteiger partial charge in [0.05, 0.1) is 6.10 Å². The summed E-state index contributed by atoms with van der Waals surface area (Å²) in [6.45, 7) is 5.33. The molecule has 112 valence electrons. The number of nitrogens with zero attached hydrogens (tertiary/aromatic N) is 1. The number of hydrogen-bond donors (Lipinski definition) is 1. The third kappa shape index (κ3) is 4.07. The highest BCUT2D eigenvalue weighted by Gasteiger charge is 2.34. The second kappa shape index (κ2) is 5.95. The molecule has 2 rings (SSSR count). The third-order valence-electron chi connectivity index (χ3n) is 3.43. The van der Waals surface area contributed by atoms with E-state index in [0.717, 1.165) is 11.3 Å². The molecule has 1 heterocycles. The van der Waals surface area contributed by atoms with Crippen molar-refractivity contribution in [3.63, 3.8) is 0 Å². The average Bonchev–Trinajstić information content (AvgIpc) is 2.35. The zero-order valence-electron chi connectivity index (χ0n) is 12.0. The molecule has 0 spiro atoms. The van der Waals surface area contributed by atoms with Gasteiger partial charge in [-0.15, -0.1) is 0 Å². The first kappa shape index (κ1) is 15.0. The number of nitrogens with two attached hydrogens (primary N) is 1. The van der Waals surface area contributed by atoms with Crippen molar-refractivity contribution in [2.75, 3.05) is 18.8 Å². The van der Waals surface area contributed by atoms with Crippen LogP contribution in [-0.2, 0) is 6.54 Å². The van der Waals surface area contributed by atoms with Crippen molar-refractivity contribution in [1.29, 1.82) is 0 Å². The molecule has 1 aromatic carbocycles. The minimum absolute atomic E-state index is 0.0723. The van der Waals surface area contributed by atoms with Crippen molar-refractivity contribution in [1.82, 2.24) is 4.90 Å². The van der Waals surface area contributed by atoms with Crippen LogP contribution in [0.5, 0.6) is 5.75 Å². The van der Waals surface area contributed by atoms with Gasteiger partial charge in [-0.3, -0.25) is 4.90 Å². The monoisotopic (exact) mass is 284 g/mol. The van der Waals surface area contributed by atoms with Crippen LogP contribution in [0.2, 0.25) is 0 Å². The maximum atomic E-state index is 13.2. The van der Waals surface area contributed by atoms with Crippen LogP contribution in [-0.4, -0.2) is 30.0 Å². The Bertz CT molecular complexity index is 453. The Morgan fingerprint density at radius 3 is 2.55 bits per heavy atom. The van der Waals surface area contributed by atoms with Crippen molar-refractivity contribution in [3.8, 4) is 5.75 Å². The predicted octanol–water partition coefficient (Wildman–Crippen LogP) is 3.29. The lowest BCUT2D eigenvalue weighted by Gasteiger charge is -2.32. The molecule has 1 aliphatic rings. The Balaban J connectivity index is 2.06. The van der Waals surface area contributed by atoms with Gasteiger partial charge in [0.25, 0.3) is 5.92 Å². The maximum Gasteiger partial charge on any atom is 0.250 e. The van der Waals surface area contributed by atoms with Crippen molar-refractivity contribution < 1.29 is 13.5 Å². The van der Waals surface area contributed by atoms with Gasteiger partial charge in [-0.05, 0) is 32.0 Å². The first-order valence-electron chi connectivity index (χ1n) is 7.01. The van der Waals surface area contributed by atoms with Gasteiger partial charge < -0.3 is 10.5 Å². The normalized spacial score (nSPS) is 19.2. The molecule has 0 bridgehead atoms. The SMILES string of the molecule is CC(C)Oc1ccc(N)cc1CN1CCC(F)(F)CC1. The highest BCUT2D eigenvalue weighted by atomic mass is 19.3. The minimum Gasteiger partial charge on any atom is -0.491 e. The van der Waals surface area contributed by atoms with Crippen LogP contribution in [0.1, 0.15) is 32.3 Å². The maximum absolute atomic E-state index is 13.2. The van der Waals surface area contributed by atoms with Crippen LogP contribution in [0.25, 0.3) is 0 Å². The molecule has 0 amide bonds. The Kier molecular flexibility index (Phi) is 4.48. The molecule has 2 N–H and O–H groups in total. The van der Waals surface area contributed by atoms with E-state index < -0.39 is 5.92 Å². The third-order valence-corrected chi connectivity index (χ3v) is 3.43. The van der Waals surface area contributed by atoms with Crippen LogP contribution in [0, 0.1) is 0 Å². The van der Waals surface area contributed by atoms with Crippen LogP contribution < -0.4 is 10.5 Å². The van der Waals surface area contributed by atoms with E-state index in [0.29, 0.717) is 25.3 Å².